The van der Waals surface area contributed by atoms with Crippen LogP contribution in [0.5, 0.6) is 5.75 Å². The molecule has 0 aliphatic carbocycles. The first kappa shape index (κ1) is 8.80. The van der Waals surface area contributed by atoms with E-state index in [1.165, 1.54) is 0 Å². The number of hydrogen-bond donors (Lipinski definition) is 2. The Morgan fingerprint density at radius 3 is 2.69 bits per heavy atom. The van der Waals surface area contributed by atoms with Crippen molar-refractivity contribution in [3.05, 3.63) is 27.8 Å². The zero-order valence-corrected chi connectivity index (χ0v) is 6.39. The normalized spacial score (nSPS) is 9.15. The van der Waals surface area contributed by atoms with Gasteiger partial charge in [-0.3, -0.25) is 10.1 Å². The fourth-order valence-electron chi connectivity index (χ4n) is 0.842. The second-order valence-corrected chi connectivity index (χ2v) is 2.30. The highest BCUT2D eigenvalue weighted by molar-refractivity contribution is 5.65. The fraction of sp³-hybridized carbons (Fsp3) is 0. The molecular weight excluding hydrogens is 174 g/mol. The Kier molecular flexibility index (Phi) is 2.02. The molecule has 0 heterocycles. The van der Waals surface area contributed by atoms with Crippen molar-refractivity contribution in [3.8, 4) is 11.8 Å². The van der Waals surface area contributed by atoms with E-state index in [9.17, 15) is 10.1 Å². The van der Waals surface area contributed by atoms with Crippen molar-refractivity contribution >= 4 is 11.4 Å². The molecule has 0 aliphatic heterocycles. The SMILES string of the molecule is N#Cc1cc(N)c([N+](=O)[O-])cc1O. The molecule has 0 spiro atoms. The molecule has 0 aliphatic rings. The summed E-state index contributed by atoms with van der Waals surface area (Å²) in [6.07, 6.45) is 0. The average Bonchev–Trinajstić information content (AvgIpc) is 2.07. The Morgan fingerprint density at radius 2 is 2.23 bits per heavy atom. The van der Waals surface area contributed by atoms with E-state index in [0.29, 0.717) is 0 Å². The number of nitro groups is 1. The highest BCUT2D eigenvalue weighted by Crippen LogP contribution is 2.29. The van der Waals surface area contributed by atoms with Gasteiger partial charge in [-0.15, -0.1) is 0 Å². The van der Waals surface area contributed by atoms with E-state index >= 15 is 0 Å². The lowest BCUT2D eigenvalue weighted by Gasteiger charge is -1.99. The molecule has 6 heteroatoms. The van der Waals surface area contributed by atoms with Crippen molar-refractivity contribution in [2.75, 3.05) is 5.73 Å². The van der Waals surface area contributed by atoms with Crippen LogP contribution < -0.4 is 5.73 Å². The minimum absolute atomic E-state index is 0.0805. The molecule has 0 radical (unpaired) electrons. The number of hydrogen-bond acceptors (Lipinski definition) is 5. The molecule has 1 aromatic rings. The minimum Gasteiger partial charge on any atom is -0.506 e. The molecule has 0 saturated heterocycles. The number of nitrogens with two attached hydrogens (primary N) is 1. The van der Waals surface area contributed by atoms with Crippen LogP contribution in [0.4, 0.5) is 11.4 Å². The summed E-state index contributed by atoms with van der Waals surface area (Å²) >= 11 is 0. The number of phenolic OH excluding ortho intramolecular Hbond substituents is 1. The van der Waals surface area contributed by atoms with Crippen molar-refractivity contribution < 1.29 is 10.0 Å². The van der Waals surface area contributed by atoms with Gasteiger partial charge in [0, 0.05) is 0 Å². The molecule has 6 nitrogen and oxygen atoms in total. The lowest BCUT2D eigenvalue weighted by Crippen LogP contribution is -1.96. The lowest BCUT2D eigenvalue weighted by molar-refractivity contribution is -0.384. The average molecular weight is 179 g/mol. The van der Waals surface area contributed by atoms with Crippen molar-refractivity contribution in [3.63, 3.8) is 0 Å². The third kappa shape index (κ3) is 1.49. The van der Waals surface area contributed by atoms with Crippen LogP contribution in [0.2, 0.25) is 0 Å². The van der Waals surface area contributed by atoms with Crippen LogP contribution in [-0.2, 0) is 0 Å². The van der Waals surface area contributed by atoms with Gasteiger partial charge in [0.2, 0.25) is 0 Å². The molecule has 0 amide bonds. The first-order valence-electron chi connectivity index (χ1n) is 3.23. The first-order valence-corrected chi connectivity index (χ1v) is 3.23. The molecule has 0 bridgehead atoms. The van der Waals surface area contributed by atoms with E-state index in [2.05, 4.69) is 0 Å². The van der Waals surface area contributed by atoms with Crippen LogP contribution in [0.25, 0.3) is 0 Å². The number of nitro benzene ring substituents is 1. The third-order valence-corrected chi connectivity index (χ3v) is 1.46. The van der Waals surface area contributed by atoms with Gasteiger partial charge in [0.1, 0.15) is 17.5 Å². The number of anilines is 1. The van der Waals surface area contributed by atoms with Crippen molar-refractivity contribution in [2.24, 2.45) is 0 Å². The van der Waals surface area contributed by atoms with Crippen LogP contribution in [0.15, 0.2) is 12.1 Å². The van der Waals surface area contributed by atoms with E-state index < -0.39 is 16.4 Å². The van der Waals surface area contributed by atoms with Gasteiger partial charge in [-0.1, -0.05) is 0 Å². The highest BCUT2D eigenvalue weighted by atomic mass is 16.6. The predicted octanol–water partition coefficient (Wildman–Crippen LogP) is 0.754. The molecule has 13 heavy (non-hydrogen) atoms. The number of rotatable bonds is 1. The van der Waals surface area contributed by atoms with E-state index in [4.69, 9.17) is 16.1 Å². The molecule has 0 fully saturated rings. The van der Waals surface area contributed by atoms with Gasteiger partial charge in [0.05, 0.1) is 16.6 Å². The molecule has 0 unspecified atom stereocenters. The highest BCUT2D eigenvalue weighted by Gasteiger charge is 2.15. The number of aromatic hydroxyl groups is 1. The zero-order valence-electron chi connectivity index (χ0n) is 6.39. The first-order chi connectivity index (χ1) is 6.06. The Labute approximate surface area is 73.0 Å². The van der Waals surface area contributed by atoms with E-state index in [-0.39, 0.29) is 11.3 Å². The summed E-state index contributed by atoms with van der Waals surface area (Å²) in [6, 6.07) is 3.57. The van der Waals surface area contributed by atoms with E-state index in [1.54, 1.807) is 6.07 Å². The Bertz CT molecular complexity index is 408. The van der Waals surface area contributed by atoms with Crippen LogP contribution in [-0.4, -0.2) is 10.0 Å². The fourth-order valence-corrected chi connectivity index (χ4v) is 0.842. The van der Waals surface area contributed by atoms with Crippen LogP contribution >= 0.6 is 0 Å². The number of nitriles is 1. The van der Waals surface area contributed by atoms with Crippen LogP contribution in [0, 0.1) is 21.4 Å². The number of phenols is 1. The Morgan fingerprint density at radius 1 is 1.62 bits per heavy atom. The molecule has 1 rings (SSSR count). The number of nitrogens with zero attached hydrogens (tertiary/aromatic N) is 2. The van der Waals surface area contributed by atoms with E-state index in [1.807, 2.05) is 0 Å². The van der Waals surface area contributed by atoms with E-state index in [0.717, 1.165) is 12.1 Å². The predicted molar refractivity (Wildman–Crippen MR) is 43.9 cm³/mol. The maximum atomic E-state index is 10.3. The monoisotopic (exact) mass is 179 g/mol. The lowest BCUT2D eigenvalue weighted by atomic mass is 10.1. The molecular formula is C7H5N3O3. The third-order valence-electron chi connectivity index (χ3n) is 1.46. The minimum atomic E-state index is -0.726. The van der Waals surface area contributed by atoms with Crippen LogP contribution in [0.1, 0.15) is 5.56 Å². The molecule has 0 saturated carbocycles. The molecule has 0 aromatic heterocycles. The summed E-state index contributed by atoms with van der Waals surface area (Å²) < 4.78 is 0. The number of benzene rings is 1. The van der Waals surface area contributed by atoms with Gasteiger partial charge >= 0.3 is 0 Å². The largest absolute Gasteiger partial charge is 0.506 e. The maximum Gasteiger partial charge on any atom is 0.295 e. The standard InChI is InChI=1S/C7H5N3O3/c8-3-4-1-5(9)6(10(12)13)2-7(4)11/h1-2,11H,9H2. The maximum absolute atomic E-state index is 10.3. The van der Waals surface area contributed by atoms with Crippen molar-refractivity contribution in [1.82, 2.24) is 0 Å². The van der Waals surface area contributed by atoms with Gasteiger partial charge < -0.3 is 10.8 Å². The summed E-state index contributed by atoms with van der Waals surface area (Å²) in [6.45, 7) is 0. The molecule has 66 valence electrons. The summed E-state index contributed by atoms with van der Waals surface area (Å²) in [5, 5.41) is 27.8. The quantitative estimate of drug-likeness (QED) is 0.286. The van der Waals surface area contributed by atoms with Gasteiger partial charge in [0.25, 0.3) is 5.69 Å². The van der Waals surface area contributed by atoms with Gasteiger partial charge in [-0.25, -0.2) is 0 Å². The van der Waals surface area contributed by atoms with Crippen LogP contribution in [0.3, 0.4) is 0 Å². The van der Waals surface area contributed by atoms with Gasteiger partial charge in [-0.2, -0.15) is 5.26 Å². The molecule has 0 atom stereocenters. The molecule has 3 N–H and O–H groups in total. The second-order valence-electron chi connectivity index (χ2n) is 2.30. The zero-order chi connectivity index (χ0) is 10.0. The summed E-state index contributed by atoms with van der Waals surface area (Å²) in [7, 11) is 0. The number of nitrogen functional groups attached to an aromatic ring is 1. The topological polar surface area (TPSA) is 113 Å². The smallest absolute Gasteiger partial charge is 0.295 e. The summed E-state index contributed by atoms with van der Waals surface area (Å²) in [5.41, 5.74) is 4.64. The summed E-state index contributed by atoms with van der Waals surface area (Å²) in [5.74, 6) is -0.441. The van der Waals surface area contributed by atoms with Gasteiger partial charge in [-0.05, 0) is 6.07 Å². The summed E-state index contributed by atoms with van der Waals surface area (Å²) in [4.78, 5) is 9.58. The Balaban J connectivity index is 3.39. The molecule has 1 aromatic carbocycles. The van der Waals surface area contributed by atoms with Crippen molar-refractivity contribution in [2.45, 2.75) is 0 Å². The van der Waals surface area contributed by atoms with Crippen molar-refractivity contribution in [1.29, 1.82) is 5.26 Å². The van der Waals surface area contributed by atoms with Gasteiger partial charge in [0.15, 0.2) is 0 Å². The Hall–Kier alpha value is -2.29. The second kappa shape index (κ2) is 2.98.